The maximum atomic E-state index is 12.3. The molecule has 3 rings (SSSR count). The van der Waals surface area contributed by atoms with Gasteiger partial charge in [-0.3, -0.25) is 4.79 Å². The van der Waals surface area contributed by atoms with Crippen LogP contribution in [0.15, 0.2) is 48.5 Å². The van der Waals surface area contributed by atoms with Gasteiger partial charge in [-0.1, -0.05) is 30.3 Å². The number of nitrogens with one attached hydrogen (secondary N) is 3. The van der Waals surface area contributed by atoms with Crippen LogP contribution in [0.2, 0.25) is 0 Å². The van der Waals surface area contributed by atoms with Gasteiger partial charge >= 0.3 is 6.03 Å². The fourth-order valence-corrected chi connectivity index (χ4v) is 3.06. The topological polar surface area (TPSA) is 90.5 Å². The third-order valence-corrected chi connectivity index (χ3v) is 4.21. The van der Waals surface area contributed by atoms with Crippen molar-refractivity contribution in [2.24, 2.45) is 0 Å². The summed E-state index contributed by atoms with van der Waals surface area (Å²) >= 11 is 0. The predicted octanol–water partition coefficient (Wildman–Crippen LogP) is 2.22. The van der Waals surface area contributed by atoms with Crippen LogP contribution in [0, 0.1) is 0 Å². The van der Waals surface area contributed by atoms with Gasteiger partial charge in [0.05, 0.1) is 12.1 Å². The number of carbonyl (C=O) groups is 2. The van der Waals surface area contributed by atoms with Gasteiger partial charge < -0.3 is 21.1 Å². The Morgan fingerprint density at radius 3 is 2.76 bits per heavy atom. The normalized spacial score (nSPS) is 18.3. The van der Waals surface area contributed by atoms with E-state index >= 15 is 0 Å². The second kappa shape index (κ2) is 7.36. The Bertz CT molecular complexity index is 791. The van der Waals surface area contributed by atoms with Gasteiger partial charge in [0, 0.05) is 24.2 Å². The molecule has 0 aliphatic heterocycles. The Morgan fingerprint density at radius 1 is 1.16 bits per heavy atom. The number of anilines is 1. The highest BCUT2D eigenvalue weighted by Crippen LogP contribution is 2.31. The van der Waals surface area contributed by atoms with Gasteiger partial charge in [-0.2, -0.15) is 0 Å². The highest BCUT2D eigenvalue weighted by atomic mass is 16.3. The Morgan fingerprint density at radius 2 is 1.96 bits per heavy atom. The Hall–Kier alpha value is -2.86. The molecule has 1 aliphatic rings. The molecule has 2 aromatic rings. The molecule has 0 saturated carbocycles. The maximum absolute atomic E-state index is 12.3. The SMILES string of the molecule is CCNC(=O)c1cccc(NC(=O)N[C@H]2c3ccccc3C[C@H]2O)c1. The first-order valence-electron chi connectivity index (χ1n) is 8.30. The van der Waals surface area contributed by atoms with Crippen LogP contribution in [-0.2, 0) is 6.42 Å². The van der Waals surface area contributed by atoms with Crippen LogP contribution in [0.5, 0.6) is 0 Å². The van der Waals surface area contributed by atoms with Crippen LogP contribution < -0.4 is 16.0 Å². The van der Waals surface area contributed by atoms with Crippen molar-refractivity contribution in [1.82, 2.24) is 10.6 Å². The average Bonchev–Trinajstić information content (AvgIpc) is 2.91. The summed E-state index contributed by atoms with van der Waals surface area (Å²) in [4.78, 5) is 24.2. The number of hydrogen-bond donors (Lipinski definition) is 4. The van der Waals surface area contributed by atoms with E-state index in [2.05, 4.69) is 16.0 Å². The fraction of sp³-hybridized carbons (Fsp3) is 0.263. The van der Waals surface area contributed by atoms with E-state index in [1.54, 1.807) is 24.3 Å². The first-order valence-corrected chi connectivity index (χ1v) is 8.30. The summed E-state index contributed by atoms with van der Waals surface area (Å²) in [5.41, 5.74) is 2.97. The molecule has 3 amide bonds. The monoisotopic (exact) mass is 339 g/mol. The molecule has 6 nitrogen and oxygen atoms in total. The molecule has 4 N–H and O–H groups in total. The largest absolute Gasteiger partial charge is 0.390 e. The van der Waals surface area contributed by atoms with Gasteiger partial charge in [0.1, 0.15) is 0 Å². The molecule has 0 saturated heterocycles. The van der Waals surface area contributed by atoms with Crippen molar-refractivity contribution in [2.75, 3.05) is 11.9 Å². The number of carbonyl (C=O) groups excluding carboxylic acids is 2. The number of aliphatic hydroxyl groups excluding tert-OH is 1. The molecule has 25 heavy (non-hydrogen) atoms. The van der Waals surface area contributed by atoms with E-state index in [1.807, 2.05) is 31.2 Å². The summed E-state index contributed by atoms with van der Waals surface area (Å²) in [6.45, 7) is 2.38. The lowest BCUT2D eigenvalue weighted by atomic mass is 10.1. The summed E-state index contributed by atoms with van der Waals surface area (Å²) in [5.74, 6) is -0.188. The van der Waals surface area contributed by atoms with Crippen LogP contribution >= 0.6 is 0 Å². The summed E-state index contributed by atoms with van der Waals surface area (Å²) in [5, 5.41) is 18.4. The van der Waals surface area contributed by atoms with Crippen LogP contribution in [0.4, 0.5) is 10.5 Å². The minimum atomic E-state index is -0.648. The van der Waals surface area contributed by atoms with Crippen LogP contribution in [0.25, 0.3) is 0 Å². The summed E-state index contributed by atoms with van der Waals surface area (Å²) in [6.07, 6.45) is -0.127. The van der Waals surface area contributed by atoms with Crippen molar-refractivity contribution in [3.8, 4) is 0 Å². The van der Waals surface area contributed by atoms with E-state index in [0.29, 0.717) is 24.2 Å². The van der Waals surface area contributed by atoms with E-state index in [1.165, 1.54) is 0 Å². The van der Waals surface area contributed by atoms with E-state index in [-0.39, 0.29) is 5.91 Å². The predicted molar refractivity (Wildman–Crippen MR) is 95.5 cm³/mol. The van der Waals surface area contributed by atoms with Gasteiger partial charge in [-0.15, -0.1) is 0 Å². The number of fused-ring (bicyclic) bond motifs is 1. The molecule has 0 spiro atoms. The summed E-state index contributed by atoms with van der Waals surface area (Å²) in [7, 11) is 0. The van der Waals surface area contributed by atoms with Gasteiger partial charge in [0.2, 0.25) is 0 Å². The maximum Gasteiger partial charge on any atom is 0.319 e. The molecule has 0 bridgehead atoms. The molecule has 1 aliphatic carbocycles. The van der Waals surface area contributed by atoms with Crippen molar-refractivity contribution >= 4 is 17.6 Å². The molecular formula is C19H21N3O3. The molecule has 130 valence electrons. The number of amides is 3. The number of hydrogen-bond acceptors (Lipinski definition) is 3. The number of urea groups is 1. The Kier molecular flexibility index (Phi) is 5.00. The zero-order valence-electron chi connectivity index (χ0n) is 14.0. The lowest BCUT2D eigenvalue weighted by Crippen LogP contribution is -2.36. The van der Waals surface area contributed by atoms with Gasteiger partial charge in [-0.05, 0) is 36.2 Å². The molecule has 6 heteroatoms. The van der Waals surface area contributed by atoms with Gasteiger partial charge in [0.15, 0.2) is 0 Å². The van der Waals surface area contributed by atoms with E-state index in [9.17, 15) is 14.7 Å². The Balaban J connectivity index is 1.67. The number of rotatable bonds is 4. The first kappa shape index (κ1) is 17.0. The third-order valence-electron chi connectivity index (χ3n) is 4.21. The second-order valence-corrected chi connectivity index (χ2v) is 5.99. The van der Waals surface area contributed by atoms with Gasteiger partial charge in [0.25, 0.3) is 5.91 Å². The van der Waals surface area contributed by atoms with Crippen molar-refractivity contribution in [3.63, 3.8) is 0 Å². The van der Waals surface area contributed by atoms with Crippen molar-refractivity contribution in [2.45, 2.75) is 25.5 Å². The molecule has 0 heterocycles. The van der Waals surface area contributed by atoms with Crippen LogP contribution in [0.3, 0.4) is 0 Å². The molecule has 0 aromatic heterocycles. The standard InChI is InChI=1S/C19H21N3O3/c1-2-20-18(24)13-7-5-8-14(10-13)21-19(25)22-17-15-9-4-3-6-12(15)11-16(17)23/h3-10,16-17,23H,2,11H2,1H3,(H,20,24)(H2,21,22,25)/t16-,17+/m1/s1. The van der Waals surface area contributed by atoms with Crippen molar-refractivity contribution < 1.29 is 14.7 Å². The first-order chi connectivity index (χ1) is 12.1. The number of aliphatic hydroxyl groups is 1. The zero-order chi connectivity index (χ0) is 17.8. The molecular weight excluding hydrogens is 318 g/mol. The van der Waals surface area contributed by atoms with Gasteiger partial charge in [-0.25, -0.2) is 4.79 Å². The highest BCUT2D eigenvalue weighted by Gasteiger charge is 2.31. The number of benzene rings is 2. The highest BCUT2D eigenvalue weighted by molar-refractivity contribution is 5.96. The average molecular weight is 339 g/mol. The zero-order valence-corrected chi connectivity index (χ0v) is 14.0. The van der Waals surface area contributed by atoms with E-state index < -0.39 is 18.2 Å². The van der Waals surface area contributed by atoms with Crippen LogP contribution in [-0.4, -0.2) is 29.7 Å². The summed E-state index contributed by atoms with van der Waals surface area (Å²) < 4.78 is 0. The fourth-order valence-electron chi connectivity index (χ4n) is 3.06. The second-order valence-electron chi connectivity index (χ2n) is 5.99. The minimum absolute atomic E-state index is 0.188. The van der Waals surface area contributed by atoms with E-state index in [0.717, 1.165) is 11.1 Å². The molecule has 2 aromatic carbocycles. The van der Waals surface area contributed by atoms with Crippen molar-refractivity contribution in [1.29, 1.82) is 0 Å². The summed E-state index contributed by atoms with van der Waals surface area (Å²) in [6, 6.07) is 13.5. The van der Waals surface area contributed by atoms with Crippen LogP contribution in [0.1, 0.15) is 34.5 Å². The lowest BCUT2D eigenvalue weighted by molar-refractivity contribution is 0.0956. The third kappa shape index (κ3) is 3.80. The Labute approximate surface area is 146 Å². The molecule has 0 unspecified atom stereocenters. The smallest absolute Gasteiger partial charge is 0.319 e. The molecule has 2 atom stereocenters. The molecule has 0 radical (unpaired) electrons. The van der Waals surface area contributed by atoms with Crippen molar-refractivity contribution in [3.05, 3.63) is 65.2 Å². The minimum Gasteiger partial charge on any atom is -0.390 e. The van der Waals surface area contributed by atoms with E-state index in [4.69, 9.17) is 0 Å². The molecule has 0 fully saturated rings. The quantitative estimate of drug-likeness (QED) is 0.688. The lowest BCUT2D eigenvalue weighted by Gasteiger charge is -2.18.